The molecular weight excluding hydrogens is 328 g/mol. The zero-order valence-electron chi connectivity index (χ0n) is 14.6. The SMILES string of the molecule is COc1ccc2c(c1)OC[C@H](NC(=O)Cc1cnc3ccccc3c1)C2. The van der Waals surface area contributed by atoms with Crippen molar-refractivity contribution in [3.63, 3.8) is 0 Å². The first-order valence-corrected chi connectivity index (χ1v) is 8.64. The Morgan fingerprint density at radius 3 is 3.04 bits per heavy atom. The zero-order chi connectivity index (χ0) is 17.9. The first kappa shape index (κ1) is 16.4. The summed E-state index contributed by atoms with van der Waals surface area (Å²) in [5.74, 6) is 1.58. The lowest BCUT2D eigenvalue weighted by Gasteiger charge is -2.26. The average molecular weight is 348 g/mol. The van der Waals surface area contributed by atoms with Gasteiger partial charge in [0.05, 0.1) is 25.1 Å². The van der Waals surface area contributed by atoms with E-state index in [1.165, 1.54) is 0 Å². The number of nitrogens with zero attached hydrogens (tertiary/aromatic N) is 1. The molecule has 2 aromatic carbocycles. The van der Waals surface area contributed by atoms with Gasteiger partial charge in [-0.2, -0.15) is 0 Å². The highest BCUT2D eigenvalue weighted by atomic mass is 16.5. The van der Waals surface area contributed by atoms with E-state index in [1.807, 2.05) is 48.5 Å². The molecule has 0 saturated heterocycles. The van der Waals surface area contributed by atoms with Gasteiger partial charge in [0.2, 0.25) is 5.91 Å². The van der Waals surface area contributed by atoms with Crippen molar-refractivity contribution in [1.29, 1.82) is 0 Å². The van der Waals surface area contributed by atoms with Crippen LogP contribution in [0.3, 0.4) is 0 Å². The van der Waals surface area contributed by atoms with Gasteiger partial charge in [0.25, 0.3) is 0 Å². The number of fused-ring (bicyclic) bond motifs is 2. The van der Waals surface area contributed by atoms with E-state index in [0.717, 1.165) is 39.9 Å². The molecule has 0 aliphatic carbocycles. The second-order valence-corrected chi connectivity index (χ2v) is 6.47. The zero-order valence-corrected chi connectivity index (χ0v) is 14.6. The Labute approximate surface area is 152 Å². The van der Waals surface area contributed by atoms with Crippen molar-refractivity contribution >= 4 is 16.8 Å². The van der Waals surface area contributed by atoms with E-state index in [1.54, 1.807) is 13.3 Å². The number of ether oxygens (including phenoxy) is 2. The minimum atomic E-state index is -0.0307. The molecule has 3 aromatic rings. The molecule has 1 atom stereocenters. The summed E-state index contributed by atoms with van der Waals surface area (Å²) in [7, 11) is 1.63. The fourth-order valence-electron chi connectivity index (χ4n) is 3.25. The Hall–Kier alpha value is -3.08. The van der Waals surface area contributed by atoms with E-state index >= 15 is 0 Å². The fourth-order valence-corrected chi connectivity index (χ4v) is 3.25. The maximum atomic E-state index is 12.4. The number of nitrogens with one attached hydrogen (secondary N) is 1. The number of benzene rings is 2. The predicted molar refractivity (Wildman–Crippen MR) is 99.6 cm³/mol. The van der Waals surface area contributed by atoms with Gasteiger partial charge in [-0.25, -0.2) is 0 Å². The largest absolute Gasteiger partial charge is 0.497 e. The number of hydrogen-bond donors (Lipinski definition) is 1. The number of carbonyl (C=O) groups excluding carboxylic acids is 1. The third kappa shape index (κ3) is 3.47. The van der Waals surface area contributed by atoms with Gasteiger partial charge in [0.15, 0.2) is 0 Å². The highest BCUT2D eigenvalue weighted by Crippen LogP contribution is 2.29. The number of hydrogen-bond acceptors (Lipinski definition) is 4. The van der Waals surface area contributed by atoms with Crippen LogP contribution in [0.25, 0.3) is 10.9 Å². The van der Waals surface area contributed by atoms with Crippen LogP contribution in [-0.2, 0) is 17.6 Å². The van der Waals surface area contributed by atoms with E-state index in [0.29, 0.717) is 13.0 Å². The van der Waals surface area contributed by atoms with Crippen molar-refractivity contribution in [3.05, 3.63) is 65.9 Å². The third-order valence-corrected chi connectivity index (χ3v) is 4.56. The summed E-state index contributed by atoms with van der Waals surface area (Å²) in [4.78, 5) is 16.8. The summed E-state index contributed by atoms with van der Waals surface area (Å²) >= 11 is 0. The molecule has 1 aliphatic heterocycles. The molecule has 1 amide bonds. The minimum Gasteiger partial charge on any atom is -0.497 e. The van der Waals surface area contributed by atoms with Gasteiger partial charge in [0.1, 0.15) is 18.1 Å². The van der Waals surface area contributed by atoms with Crippen LogP contribution in [0.5, 0.6) is 11.5 Å². The lowest BCUT2D eigenvalue weighted by Crippen LogP contribution is -2.43. The van der Waals surface area contributed by atoms with Crippen molar-refractivity contribution in [2.45, 2.75) is 18.9 Å². The summed E-state index contributed by atoms with van der Waals surface area (Å²) in [6, 6.07) is 15.7. The molecule has 26 heavy (non-hydrogen) atoms. The van der Waals surface area contributed by atoms with Crippen LogP contribution >= 0.6 is 0 Å². The van der Waals surface area contributed by atoms with Gasteiger partial charge in [-0.05, 0) is 35.7 Å². The molecule has 0 saturated carbocycles. The second kappa shape index (κ2) is 7.04. The monoisotopic (exact) mass is 348 g/mol. The summed E-state index contributed by atoms with van der Waals surface area (Å²) in [6.45, 7) is 0.460. The van der Waals surface area contributed by atoms with Crippen molar-refractivity contribution in [2.75, 3.05) is 13.7 Å². The molecule has 1 aliphatic rings. The number of methoxy groups -OCH3 is 1. The number of para-hydroxylation sites is 1. The Morgan fingerprint density at radius 2 is 2.15 bits per heavy atom. The normalized spacial score (nSPS) is 15.8. The Kier molecular flexibility index (Phi) is 4.44. The van der Waals surface area contributed by atoms with Gasteiger partial charge < -0.3 is 14.8 Å². The Morgan fingerprint density at radius 1 is 1.27 bits per heavy atom. The molecule has 5 heteroatoms. The minimum absolute atomic E-state index is 0.0207. The smallest absolute Gasteiger partial charge is 0.224 e. The number of rotatable bonds is 4. The summed E-state index contributed by atoms with van der Waals surface area (Å²) in [5.41, 5.74) is 2.92. The molecule has 132 valence electrons. The van der Waals surface area contributed by atoms with Crippen LogP contribution in [0.2, 0.25) is 0 Å². The van der Waals surface area contributed by atoms with Crippen molar-refractivity contribution < 1.29 is 14.3 Å². The maximum Gasteiger partial charge on any atom is 0.224 e. The predicted octanol–water partition coefficient (Wildman–Crippen LogP) is 2.91. The molecule has 2 heterocycles. The van der Waals surface area contributed by atoms with E-state index in [2.05, 4.69) is 10.3 Å². The van der Waals surface area contributed by atoms with Crippen molar-refractivity contribution in [1.82, 2.24) is 10.3 Å². The highest BCUT2D eigenvalue weighted by molar-refractivity contribution is 5.82. The van der Waals surface area contributed by atoms with Gasteiger partial charge in [-0.1, -0.05) is 24.3 Å². The van der Waals surface area contributed by atoms with E-state index in [-0.39, 0.29) is 11.9 Å². The topological polar surface area (TPSA) is 60.5 Å². The lowest BCUT2D eigenvalue weighted by molar-refractivity contribution is -0.121. The van der Waals surface area contributed by atoms with Crippen LogP contribution in [0, 0.1) is 0 Å². The van der Waals surface area contributed by atoms with Crippen LogP contribution in [-0.4, -0.2) is 30.6 Å². The van der Waals surface area contributed by atoms with Crippen LogP contribution in [0.1, 0.15) is 11.1 Å². The molecule has 0 radical (unpaired) electrons. The lowest BCUT2D eigenvalue weighted by atomic mass is 10.0. The molecule has 1 N–H and O–H groups in total. The number of amides is 1. The first-order valence-electron chi connectivity index (χ1n) is 8.64. The van der Waals surface area contributed by atoms with Gasteiger partial charge in [-0.15, -0.1) is 0 Å². The third-order valence-electron chi connectivity index (χ3n) is 4.56. The van der Waals surface area contributed by atoms with E-state index < -0.39 is 0 Å². The average Bonchev–Trinajstić information content (AvgIpc) is 2.67. The van der Waals surface area contributed by atoms with Crippen LogP contribution in [0.15, 0.2) is 54.7 Å². The molecule has 4 rings (SSSR count). The number of carbonyl (C=O) groups is 1. The number of aromatic nitrogens is 1. The maximum absolute atomic E-state index is 12.4. The summed E-state index contributed by atoms with van der Waals surface area (Å²) in [5, 5.41) is 4.11. The van der Waals surface area contributed by atoms with E-state index in [9.17, 15) is 4.79 Å². The van der Waals surface area contributed by atoms with E-state index in [4.69, 9.17) is 9.47 Å². The summed E-state index contributed by atoms with van der Waals surface area (Å²) in [6.07, 6.45) is 2.83. The van der Waals surface area contributed by atoms with Gasteiger partial charge in [-0.3, -0.25) is 9.78 Å². The Balaban J connectivity index is 1.40. The van der Waals surface area contributed by atoms with Crippen molar-refractivity contribution in [3.8, 4) is 11.5 Å². The molecule has 0 unspecified atom stereocenters. The summed E-state index contributed by atoms with van der Waals surface area (Å²) < 4.78 is 11.0. The highest BCUT2D eigenvalue weighted by Gasteiger charge is 2.22. The molecule has 0 fully saturated rings. The molecule has 0 bridgehead atoms. The first-order chi connectivity index (χ1) is 12.7. The Bertz CT molecular complexity index is 955. The second-order valence-electron chi connectivity index (χ2n) is 6.47. The molecule has 0 spiro atoms. The van der Waals surface area contributed by atoms with Crippen LogP contribution < -0.4 is 14.8 Å². The fraction of sp³-hybridized carbons (Fsp3) is 0.238. The van der Waals surface area contributed by atoms with Gasteiger partial charge in [0, 0.05) is 17.6 Å². The molecular formula is C21H20N2O3. The van der Waals surface area contributed by atoms with Crippen LogP contribution in [0.4, 0.5) is 0 Å². The van der Waals surface area contributed by atoms with Gasteiger partial charge >= 0.3 is 0 Å². The number of pyridine rings is 1. The standard InChI is InChI=1S/C21H20N2O3/c1-25-18-7-6-16-10-17(13-26-20(16)11-18)23-21(24)9-14-8-15-4-2-3-5-19(15)22-12-14/h2-8,11-12,17H,9-10,13H2,1H3,(H,23,24)/t17-/m1/s1. The molecule has 5 nitrogen and oxygen atoms in total. The quantitative estimate of drug-likeness (QED) is 0.788. The molecule has 1 aromatic heterocycles. The van der Waals surface area contributed by atoms with Crippen molar-refractivity contribution in [2.24, 2.45) is 0 Å².